The van der Waals surface area contributed by atoms with Crippen LogP contribution < -0.4 is 10.6 Å². The molecule has 0 radical (unpaired) electrons. The summed E-state index contributed by atoms with van der Waals surface area (Å²) in [6, 6.07) is 8.80. The van der Waals surface area contributed by atoms with Crippen molar-refractivity contribution in [1.82, 2.24) is 5.32 Å². The number of benzene rings is 1. The molecule has 3 N–H and O–H groups in total. The molecule has 0 aliphatic heterocycles. The molecule has 1 rings (SSSR count). The molecule has 0 fully saturated rings. The fourth-order valence-corrected chi connectivity index (χ4v) is 2.53. The molecule has 0 saturated heterocycles. The first kappa shape index (κ1) is 19.2. The molecule has 2 amide bonds. The predicted octanol–water partition coefficient (Wildman–Crippen LogP) is 2.17. The number of amides is 2. The highest BCUT2D eigenvalue weighted by atomic mass is 16.5. The van der Waals surface area contributed by atoms with Gasteiger partial charge < -0.3 is 10.1 Å². The van der Waals surface area contributed by atoms with Crippen molar-refractivity contribution in [2.45, 2.75) is 46.1 Å². The van der Waals surface area contributed by atoms with Crippen LogP contribution in [0.3, 0.4) is 0 Å². The molecule has 0 unspecified atom stereocenters. The van der Waals surface area contributed by atoms with E-state index in [1.807, 2.05) is 5.32 Å². The molecule has 0 bridgehead atoms. The average Bonchev–Trinajstić information content (AvgIpc) is 2.53. The van der Waals surface area contributed by atoms with E-state index in [9.17, 15) is 9.59 Å². The van der Waals surface area contributed by atoms with Crippen LogP contribution in [0.1, 0.15) is 50.8 Å². The standard InChI is InChI=1S/C18H28N2O3/c1-5-6-7-14-8-10-15(11-9-14)17(13(2)3)19-12-16(21)20-18(22)23-4/h8-11,13,17,19H,5-7,12H2,1-4H3,(H,20,21,22)/p+1/t17-/m0/s1. The summed E-state index contributed by atoms with van der Waals surface area (Å²) in [5.74, 6) is 0.0319. The van der Waals surface area contributed by atoms with Gasteiger partial charge in [0.05, 0.1) is 7.11 Å². The van der Waals surface area contributed by atoms with Gasteiger partial charge in [0, 0.05) is 11.5 Å². The molecular weight excluding hydrogens is 292 g/mol. The van der Waals surface area contributed by atoms with Crippen molar-refractivity contribution in [1.29, 1.82) is 0 Å². The second-order valence-corrected chi connectivity index (χ2v) is 6.09. The van der Waals surface area contributed by atoms with Crippen molar-refractivity contribution >= 4 is 12.0 Å². The van der Waals surface area contributed by atoms with E-state index < -0.39 is 6.09 Å². The number of alkyl carbamates (subject to hydrolysis) is 1. The molecule has 5 heteroatoms. The average molecular weight is 321 g/mol. The number of carbonyl (C=O) groups is 2. The van der Waals surface area contributed by atoms with Crippen LogP contribution in [-0.4, -0.2) is 25.7 Å². The molecule has 23 heavy (non-hydrogen) atoms. The van der Waals surface area contributed by atoms with Gasteiger partial charge in [-0.3, -0.25) is 10.1 Å². The lowest BCUT2D eigenvalue weighted by atomic mass is 9.94. The maximum atomic E-state index is 11.7. The number of nitrogens with two attached hydrogens (primary N) is 1. The number of aryl methyl sites for hydroxylation is 1. The molecule has 0 heterocycles. The van der Waals surface area contributed by atoms with Crippen molar-refractivity contribution in [2.75, 3.05) is 13.7 Å². The Bertz CT molecular complexity index is 497. The van der Waals surface area contributed by atoms with E-state index in [4.69, 9.17) is 0 Å². The summed E-state index contributed by atoms with van der Waals surface area (Å²) < 4.78 is 4.42. The van der Waals surface area contributed by atoms with Crippen LogP contribution in [0.4, 0.5) is 4.79 Å². The molecule has 0 aliphatic rings. The highest BCUT2D eigenvalue weighted by molar-refractivity contribution is 5.92. The first-order chi connectivity index (χ1) is 11.0. The molecule has 0 aromatic heterocycles. The van der Waals surface area contributed by atoms with E-state index in [-0.39, 0.29) is 18.5 Å². The minimum absolute atomic E-state index is 0.179. The second-order valence-electron chi connectivity index (χ2n) is 6.09. The van der Waals surface area contributed by atoms with Gasteiger partial charge >= 0.3 is 6.09 Å². The Balaban J connectivity index is 2.64. The van der Waals surface area contributed by atoms with Crippen LogP contribution in [0.5, 0.6) is 0 Å². The van der Waals surface area contributed by atoms with Gasteiger partial charge in [-0.25, -0.2) is 4.79 Å². The van der Waals surface area contributed by atoms with Crippen molar-refractivity contribution in [3.63, 3.8) is 0 Å². The van der Waals surface area contributed by atoms with Crippen LogP contribution in [0.25, 0.3) is 0 Å². The predicted molar refractivity (Wildman–Crippen MR) is 90.0 cm³/mol. The molecule has 0 spiro atoms. The van der Waals surface area contributed by atoms with Gasteiger partial charge in [0.1, 0.15) is 6.04 Å². The molecular formula is C18H29N2O3+. The van der Waals surface area contributed by atoms with Crippen molar-refractivity contribution < 1.29 is 19.6 Å². The Morgan fingerprint density at radius 3 is 2.39 bits per heavy atom. The molecule has 128 valence electrons. The third-order valence-electron chi connectivity index (χ3n) is 3.89. The fraction of sp³-hybridized carbons (Fsp3) is 0.556. The largest absolute Gasteiger partial charge is 0.453 e. The molecule has 0 aliphatic carbocycles. The summed E-state index contributed by atoms with van der Waals surface area (Å²) in [4.78, 5) is 22.7. The van der Waals surface area contributed by atoms with Crippen LogP contribution in [0.15, 0.2) is 24.3 Å². The quantitative estimate of drug-likeness (QED) is 0.771. The van der Waals surface area contributed by atoms with Crippen LogP contribution in [0.2, 0.25) is 0 Å². The number of rotatable bonds is 8. The zero-order valence-electron chi connectivity index (χ0n) is 14.6. The minimum Gasteiger partial charge on any atom is -0.453 e. The summed E-state index contributed by atoms with van der Waals surface area (Å²) in [7, 11) is 1.24. The number of hydrogen-bond acceptors (Lipinski definition) is 3. The second kappa shape index (κ2) is 10.0. The third kappa shape index (κ3) is 6.82. The first-order valence-electron chi connectivity index (χ1n) is 8.27. The number of unbranched alkanes of at least 4 members (excludes halogenated alkanes) is 1. The van der Waals surface area contributed by atoms with E-state index in [1.165, 1.54) is 31.1 Å². The summed E-state index contributed by atoms with van der Waals surface area (Å²) in [6.07, 6.45) is 2.78. The number of methoxy groups -OCH3 is 1. The molecule has 1 aromatic rings. The number of ether oxygens (including phenoxy) is 1. The first-order valence-corrected chi connectivity index (χ1v) is 8.27. The SMILES string of the molecule is CCCCc1ccc([C@@H]([NH2+]CC(=O)NC(=O)OC)C(C)C)cc1. The zero-order chi connectivity index (χ0) is 17.2. The van der Waals surface area contributed by atoms with Gasteiger partial charge in [0.15, 0.2) is 6.54 Å². The topological polar surface area (TPSA) is 72.0 Å². The van der Waals surface area contributed by atoms with Gasteiger partial charge in [0.25, 0.3) is 5.91 Å². The van der Waals surface area contributed by atoms with Gasteiger partial charge in [-0.2, -0.15) is 0 Å². The van der Waals surface area contributed by atoms with E-state index in [1.54, 1.807) is 0 Å². The Kier molecular flexibility index (Phi) is 8.33. The Morgan fingerprint density at radius 1 is 1.22 bits per heavy atom. The van der Waals surface area contributed by atoms with Crippen LogP contribution in [-0.2, 0) is 16.0 Å². The molecule has 0 saturated carbocycles. The van der Waals surface area contributed by atoms with E-state index in [0.717, 1.165) is 6.42 Å². The van der Waals surface area contributed by atoms with Gasteiger partial charge in [-0.05, 0) is 18.4 Å². The van der Waals surface area contributed by atoms with Gasteiger partial charge in [0.2, 0.25) is 0 Å². The number of quaternary nitrogens is 1. The molecule has 1 aromatic carbocycles. The minimum atomic E-state index is -0.718. The lowest BCUT2D eigenvalue weighted by Crippen LogP contribution is -2.88. The summed E-state index contributed by atoms with van der Waals surface area (Å²) in [5.41, 5.74) is 2.55. The normalized spacial score (nSPS) is 12.0. The molecule has 1 atom stereocenters. The van der Waals surface area contributed by atoms with Crippen molar-refractivity contribution in [3.05, 3.63) is 35.4 Å². The van der Waals surface area contributed by atoms with Gasteiger partial charge in [-0.15, -0.1) is 0 Å². The number of imide groups is 1. The third-order valence-corrected chi connectivity index (χ3v) is 3.89. The van der Waals surface area contributed by atoms with Gasteiger partial charge in [-0.1, -0.05) is 51.5 Å². The highest BCUT2D eigenvalue weighted by Crippen LogP contribution is 2.18. The summed E-state index contributed by atoms with van der Waals surface area (Å²) in [5, 5.41) is 4.14. The van der Waals surface area contributed by atoms with Crippen LogP contribution in [0, 0.1) is 5.92 Å². The lowest BCUT2D eigenvalue weighted by molar-refractivity contribution is -0.692. The Labute approximate surface area is 138 Å². The maximum Gasteiger partial charge on any atom is 0.413 e. The zero-order valence-corrected chi connectivity index (χ0v) is 14.6. The van der Waals surface area contributed by atoms with Crippen molar-refractivity contribution in [2.24, 2.45) is 5.92 Å². The Hall–Kier alpha value is -1.88. The lowest BCUT2D eigenvalue weighted by Gasteiger charge is -2.19. The summed E-state index contributed by atoms with van der Waals surface area (Å²) in [6.45, 7) is 6.64. The Morgan fingerprint density at radius 2 is 1.87 bits per heavy atom. The fourth-order valence-electron chi connectivity index (χ4n) is 2.53. The summed E-state index contributed by atoms with van der Waals surface area (Å²) >= 11 is 0. The monoisotopic (exact) mass is 321 g/mol. The van der Waals surface area contributed by atoms with E-state index in [0.29, 0.717) is 5.92 Å². The van der Waals surface area contributed by atoms with Crippen molar-refractivity contribution in [3.8, 4) is 0 Å². The van der Waals surface area contributed by atoms with E-state index >= 15 is 0 Å². The highest BCUT2D eigenvalue weighted by Gasteiger charge is 2.21. The molecule has 5 nitrogen and oxygen atoms in total. The number of carbonyl (C=O) groups excluding carboxylic acids is 2. The number of hydrogen-bond donors (Lipinski definition) is 2. The smallest absolute Gasteiger partial charge is 0.413 e. The van der Waals surface area contributed by atoms with Crippen LogP contribution >= 0.6 is 0 Å². The maximum absolute atomic E-state index is 11.7. The van der Waals surface area contributed by atoms with E-state index in [2.05, 4.69) is 55.1 Å². The number of nitrogens with one attached hydrogen (secondary N) is 1.